The van der Waals surface area contributed by atoms with Gasteiger partial charge in [-0.25, -0.2) is 8.78 Å². The number of aryl methyl sites for hydroxylation is 1. The molecular formula is C21H24F2N2O2. The van der Waals surface area contributed by atoms with Crippen LogP contribution in [-0.4, -0.2) is 43.7 Å². The molecule has 0 spiro atoms. The van der Waals surface area contributed by atoms with E-state index in [-0.39, 0.29) is 11.6 Å². The highest BCUT2D eigenvalue weighted by atomic mass is 19.2. The van der Waals surface area contributed by atoms with E-state index in [9.17, 15) is 13.6 Å². The average Bonchev–Trinajstić information content (AvgIpc) is 2.71. The van der Waals surface area contributed by atoms with Gasteiger partial charge in [0.1, 0.15) is 0 Å². The van der Waals surface area contributed by atoms with E-state index < -0.39 is 17.5 Å². The fourth-order valence-electron chi connectivity index (χ4n) is 3.25. The van der Waals surface area contributed by atoms with Crippen LogP contribution < -0.4 is 5.32 Å². The van der Waals surface area contributed by atoms with Gasteiger partial charge >= 0.3 is 0 Å². The molecule has 27 heavy (non-hydrogen) atoms. The summed E-state index contributed by atoms with van der Waals surface area (Å²) in [6.45, 7) is 5.35. The van der Waals surface area contributed by atoms with Crippen molar-refractivity contribution in [3.63, 3.8) is 0 Å². The number of benzene rings is 2. The highest BCUT2D eigenvalue weighted by molar-refractivity contribution is 5.94. The van der Waals surface area contributed by atoms with Gasteiger partial charge in [-0.1, -0.05) is 31.2 Å². The maximum atomic E-state index is 13.4. The zero-order valence-corrected chi connectivity index (χ0v) is 15.4. The van der Waals surface area contributed by atoms with Gasteiger partial charge in [0.2, 0.25) is 0 Å². The predicted octanol–water partition coefficient (Wildman–Crippen LogP) is 3.33. The molecule has 1 saturated heterocycles. The first-order valence-electron chi connectivity index (χ1n) is 9.22. The summed E-state index contributed by atoms with van der Waals surface area (Å²) < 4.78 is 31.9. The summed E-state index contributed by atoms with van der Waals surface area (Å²) in [6.07, 6.45) is 0.968. The van der Waals surface area contributed by atoms with Gasteiger partial charge in [-0.15, -0.1) is 0 Å². The minimum atomic E-state index is -1.03. The van der Waals surface area contributed by atoms with Gasteiger partial charge < -0.3 is 10.1 Å². The van der Waals surface area contributed by atoms with Crippen molar-refractivity contribution in [1.29, 1.82) is 0 Å². The van der Waals surface area contributed by atoms with Gasteiger partial charge in [0.15, 0.2) is 11.6 Å². The molecule has 2 aromatic carbocycles. The Bertz CT molecular complexity index is 774. The number of nitrogens with zero attached hydrogens (tertiary/aromatic N) is 1. The van der Waals surface area contributed by atoms with Crippen LogP contribution in [-0.2, 0) is 11.2 Å². The molecule has 1 heterocycles. The third-order valence-corrected chi connectivity index (χ3v) is 4.90. The normalized spacial score (nSPS) is 16.1. The van der Waals surface area contributed by atoms with Gasteiger partial charge in [0.25, 0.3) is 5.91 Å². The summed E-state index contributed by atoms with van der Waals surface area (Å²) in [5, 5.41) is 2.86. The summed E-state index contributed by atoms with van der Waals surface area (Å²) in [7, 11) is 0. The Morgan fingerprint density at radius 3 is 2.44 bits per heavy atom. The second-order valence-electron chi connectivity index (χ2n) is 6.60. The highest BCUT2D eigenvalue weighted by Gasteiger charge is 2.23. The van der Waals surface area contributed by atoms with Gasteiger partial charge in [-0.3, -0.25) is 9.69 Å². The molecule has 1 atom stereocenters. The first kappa shape index (κ1) is 19.5. The third-order valence-electron chi connectivity index (χ3n) is 4.90. The van der Waals surface area contributed by atoms with Crippen LogP contribution in [0.15, 0.2) is 42.5 Å². The summed E-state index contributed by atoms with van der Waals surface area (Å²) in [5.41, 5.74) is 2.47. The average molecular weight is 374 g/mol. The molecule has 1 N–H and O–H groups in total. The first-order valence-corrected chi connectivity index (χ1v) is 9.22. The Morgan fingerprint density at radius 1 is 1.11 bits per heavy atom. The SMILES string of the molecule is CCc1ccc(C(CNC(=O)c2ccc(F)c(F)c2)N2CCOCC2)cc1. The molecule has 1 unspecified atom stereocenters. The van der Waals surface area contributed by atoms with E-state index in [2.05, 4.69) is 41.4 Å². The van der Waals surface area contributed by atoms with Crippen molar-refractivity contribution >= 4 is 5.91 Å². The smallest absolute Gasteiger partial charge is 0.251 e. The number of carbonyl (C=O) groups is 1. The van der Waals surface area contributed by atoms with Crippen molar-refractivity contribution in [2.45, 2.75) is 19.4 Å². The Labute approximate surface area is 158 Å². The van der Waals surface area contributed by atoms with Crippen molar-refractivity contribution < 1.29 is 18.3 Å². The summed E-state index contributed by atoms with van der Waals surface area (Å²) >= 11 is 0. The number of morpholine rings is 1. The fourth-order valence-corrected chi connectivity index (χ4v) is 3.25. The summed E-state index contributed by atoms with van der Waals surface area (Å²) in [5.74, 6) is -2.41. The maximum Gasteiger partial charge on any atom is 0.251 e. The lowest BCUT2D eigenvalue weighted by Gasteiger charge is -2.35. The van der Waals surface area contributed by atoms with Gasteiger partial charge in [0.05, 0.1) is 19.3 Å². The van der Waals surface area contributed by atoms with Crippen molar-refractivity contribution in [3.05, 3.63) is 70.8 Å². The van der Waals surface area contributed by atoms with E-state index in [1.165, 1.54) is 11.6 Å². The van der Waals surface area contributed by atoms with E-state index in [0.717, 1.165) is 37.2 Å². The number of carbonyl (C=O) groups excluding carboxylic acids is 1. The van der Waals surface area contributed by atoms with Crippen LogP contribution >= 0.6 is 0 Å². The van der Waals surface area contributed by atoms with Crippen LogP contribution in [0.2, 0.25) is 0 Å². The van der Waals surface area contributed by atoms with Crippen LogP contribution in [0.3, 0.4) is 0 Å². The highest BCUT2D eigenvalue weighted by Crippen LogP contribution is 2.22. The molecule has 144 valence electrons. The topological polar surface area (TPSA) is 41.6 Å². The standard InChI is InChI=1S/C21H24F2N2O2/c1-2-15-3-5-16(6-4-15)20(25-9-11-27-12-10-25)14-24-21(26)17-7-8-18(22)19(23)13-17/h3-8,13,20H,2,9-12,14H2,1H3,(H,24,26). The Kier molecular flexibility index (Phi) is 6.53. The van der Waals surface area contributed by atoms with Gasteiger partial charge in [-0.05, 0) is 35.7 Å². The van der Waals surface area contributed by atoms with Crippen molar-refractivity contribution in [1.82, 2.24) is 10.2 Å². The van der Waals surface area contributed by atoms with Crippen LogP contribution in [0.5, 0.6) is 0 Å². The molecule has 0 saturated carbocycles. The molecule has 0 aliphatic carbocycles. The van der Waals surface area contributed by atoms with Crippen LogP contribution in [0.4, 0.5) is 8.78 Å². The number of hydrogen-bond acceptors (Lipinski definition) is 3. The van der Waals surface area contributed by atoms with Crippen LogP contribution in [0.1, 0.15) is 34.5 Å². The number of amides is 1. The van der Waals surface area contributed by atoms with E-state index in [0.29, 0.717) is 19.8 Å². The zero-order chi connectivity index (χ0) is 19.2. The van der Waals surface area contributed by atoms with E-state index >= 15 is 0 Å². The van der Waals surface area contributed by atoms with E-state index in [1.807, 2.05) is 0 Å². The maximum absolute atomic E-state index is 13.4. The minimum Gasteiger partial charge on any atom is -0.379 e. The number of halogens is 2. The predicted molar refractivity (Wildman–Crippen MR) is 99.6 cm³/mol. The molecule has 0 radical (unpaired) electrons. The fraction of sp³-hybridized carbons (Fsp3) is 0.381. The monoisotopic (exact) mass is 374 g/mol. The van der Waals surface area contributed by atoms with Gasteiger partial charge in [-0.2, -0.15) is 0 Å². The lowest BCUT2D eigenvalue weighted by molar-refractivity contribution is 0.0162. The number of ether oxygens (including phenoxy) is 1. The van der Waals surface area contributed by atoms with Gasteiger partial charge in [0, 0.05) is 25.2 Å². The lowest BCUT2D eigenvalue weighted by atomic mass is 10.0. The summed E-state index contributed by atoms with van der Waals surface area (Å²) in [6, 6.07) is 11.5. The number of nitrogens with one attached hydrogen (secondary N) is 1. The van der Waals surface area contributed by atoms with Crippen molar-refractivity contribution in [3.8, 4) is 0 Å². The molecule has 1 aliphatic rings. The van der Waals surface area contributed by atoms with E-state index in [1.54, 1.807) is 0 Å². The van der Waals surface area contributed by atoms with Crippen LogP contribution in [0, 0.1) is 11.6 Å². The molecule has 4 nitrogen and oxygen atoms in total. The molecule has 6 heteroatoms. The zero-order valence-electron chi connectivity index (χ0n) is 15.4. The van der Waals surface area contributed by atoms with E-state index in [4.69, 9.17) is 4.74 Å². The molecule has 0 aromatic heterocycles. The first-order chi connectivity index (χ1) is 13.1. The summed E-state index contributed by atoms with van der Waals surface area (Å²) in [4.78, 5) is 14.7. The Hall–Kier alpha value is -2.31. The van der Waals surface area contributed by atoms with Crippen molar-refractivity contribution in [2.75, 3.05) is 32.8 Å². The number of hydrogen-bond donors (Lipinski definition) is 1. The molecule has 3 rings (SSSR count). The molecule has 1 fully saturated rings. The second-order valence-corrected chi connectivity index (χ2v) is 6.60. The molecule has 1 aliphatic heterocycles. The quantitative estimate of drug-likeness (QED) is 0.843. The largest absolute Gasteiger partial charge is 0.379 e. The third kappa shape index (κ3) is 4.90. The number of rotatable bonds is 6. The Balaban J connectivity index is 1.73. The minimum absolute atomic E-state index is 0.00551. The Morgan fingerprint density at radius 2 is 1.81 bits per heavy atom. The van der Waals surface area contributed by atoms with Crippen LogP contribution in [0.25, 0.3) is 0 Å². The van der Waals surface area contributed by atoms with Crippen molar-refractivity contribution in [2.24, 2.45) is 0 Å². The molecule has 0 bridgehead atoms. The lowest BCUT2D eigenvalue weighted by Crippen LogP contribution is -2.43. The molecular weight excluding hydrogens is 350 g/mol. The molecule has 2 aromatic rings. The second kappa shape index (κ2) is 9.06. The molecule has 1 amide bonds.